The van der Waals surface area contributed by atoms with Gasteiger partial charge in [-0.05, 0) is 17.9 Å². The fourth-order valence-corrected chi connectivity index (χ4v) is 1.93. The summed E-state index contributed by atoms with van der Waals surface area (Å²) in [6.45, 7) is 7.81. The molecule has 0 saturated heterocycles. The minimum Gasteiger partial charge on any atom is -0.369 e. The van der Waals surface area contributed by atoms with Crippen LogP contribution in [0.15, 0.2) is 12.3 Å². The minimum absolute atomic E-state index is 0.304. The molecule has 0 spiro atoms. The van der Waals surface area contributed by atoms with E-state index < -0.39 is 0 Å². The predicted octanol–water partition coefficient (Wildman–Crippen LogP) is 3.56. The highest BCUT2D eigenvalue weighted by Crippen LogP contribution is 2.24. The van der Waals surface area contributed by atoms with Gasteiger partial charge in [-0.3, -0.25) is 0 Å². The van der Waals surface area contributed by atoms with Crippen molar-refractivity contribution in [2.24, 2.45) is 5.41 Å². The minimum atomic E-state index is 0.304. The van der Waals surface area contributed by atoms with Gasteiger partial charge in [0.05, 0.1) is 0 Å². The second-order valence-electron chi connectivity index (χ2n) is 6.11. The van der Waals surface area contributed by atoms with E-state index in [1.165, 1.54) is 25.7 Å². The lowest BCUT2D eigenvalue weighted by atomic mass is 9.87. The zero-order valence-electron chi connectivity index (χ0n) is 13.0. The molecule has 0 saturated carbocycles. The van der Waals surface area contributed by atoms with E-state index in [9.17, 15) is 0 Å². The second kappa shape index (κ2) is 7.31. The molecular weight excluding hydrogens is 236 g/mol. The zero-order chi connectivity index (χ0) is 14.3. The molecule has 1 rings (SSSR count). The van der Waals surface area contributed by atoms with Gasteiger partial charge >= 0.3 is 0 Å². The highest BCUT2D eigenvalue weighted by atomic mass is 15.2. The molecule has 0 aromatic carbocycles. The van der Waals surface area contributed by atoms with Crippen LogP contribution >= 0.6 is 0 Å². The molecule has 108 valence electrons. The van der Waals surface area contributed by atoms with Crippen molar-refractivity contribution in [2.45, 2.75) is 46.5 Å². The van der Waals surface area contributed by atoms with E-state index in [0.717, 1.165) is 18.3 Å². The van der Waals surface area contributed by atoms with Crippen molar-refractivity contribution in [1.82, 2.24) is 9.97 Å². The fraction of sp³-hybridized carbons (Fsp3) is 0.733. The van der Waals surface area contributed by atoms with E-state index in [4.69, 9.17) is 0 Å². The van der Waals surface area contributed by atoms with Gasteiger partial charge in [0.1, 0.15) is 5.82 Å². The molecule has 1 heterocycles. The molecule has 1 N–H and O–H groups in total. The number of hydrogen-bond donors (Lipinski definition) is 1. The van der Waals surface area contributed by atoms with Crippen LogP contribution in [-0.2, 0) is 0 Å². The Balaban J connectivity index is 2.49. The van der Waals surface area contributed by atoms with E-state index in [0.29, 0.717) is 5.41 Å². The van der Waals surface area contributed by atoms with Gasteiger partial charge in [-0.1, -0.05) is 40.0 Å². The van der Waals surface area contributed by atoms with Gasteiger partial charge in [0.2, 0.25) is 5.95 Å². The van der Waals surface area contributed by atoms with E-state index in [1.54, 1.807) is 6.20 Å². The third-order valence-corrected chi connectivity index (χ3v) is 3.25. The van der Waals surface area contributed by atoms with Crippen molar-refractivity contribution < 1.29 is 0 Å². The average Bonchev–Trinajstić information content (AvgIpc) is 2.37. The molecule has 0 aliphatic carbocycles. The average molecular weight is 264 g/mol. The summed E-state index contributed by atoms with van der Waals surface area (Å²) >= 11 is 0. The van der Waals surface area contributed by atoms with Crippen LogP contribution in [0.25, 0.3) is 0 Å². The maximum absolute atomic E-state index is 4.48. The predicted molar refractivity (Wildman–Crippen MR) is 82.8 cm³/mol. The number of nitrogens with zero attached hydrogens (tertiary/aromatic N) is 3. The largest absolute Gasteiger partial charge is 0.369 e. The summed E-state index contributed by atoms with van der Waals surface area (Å²) in [5, 5.41) is 3.43. The van der Waals surface area contributed by atoms with Gasteiger partial charge in [0, 0.05) is 26.8 Å². The molecule has 4 nitrogen and oxygen atoms in total. The Hall–Kier alpha value is -1.32. The Kier molecular flexibility index (Phi) is 6.06. The molecule has 0 unspecified atom stereocenters. The maximum atomic E-state index is 4.48. The standard InChI is InChI=1S/C15H28N4/c1-6-7-8-10-15(2,3)12-17-13-9-11-16-14(18-13)19(4)5/h9,11H,6-8,10,12H2,1-5H3,(H,16,17,18). The van der Waals surface area contributed by atoms with Crippen LogP contribution < -0.4 is 10.2 Å². The van der Waals surface area contributed by atoms with E-state index in [2.05, 4.69) is 36.1 Å². The van der Waals surface area contributed by atoms with Crippen LogP contribution in [0.1, 0.15) is 46.5 Å². The molecule has 0 radical (unpaired) electrons. The number of hydrogen-bond acceptors (Lipinski definition) is 4. The van der Waals surface area contributed by atoms with Gasteiger partial charge in [-0.25, -0.2) is 4.98 Å². The summed E-state index contributed by atoms with van der Waals surface area (Å²) in [6.07, 6.45) is 6.95. The van der Waals surface area contributed by atoms with Gasteiger partial charge < -0.3 is 10.2 Å². The third kappa shape index (κ3) is 5.90. The molecule has 1 aromatic heterocycles. The summed E-state index contributed by atoms with van der Waals surface area (Å²) in [4.78, 5) is 10.6. The lowest BCUT2D eigenvalue weighted by Gasteiger charge is -2.25. The first-order chi connectivity index (χ1) is 8.94. The van der Waals surface area contributed by atoms with Crippen LogP contribution in [0.2, 0.25) is 0 Å². The molecule has 0 atom stereocenters. The van der Waals surface area contributed by atoms with Crippen LogP contribution in [-0.4, -0.2) is 30.6 Å². The van der Waals surface area contributed by atoms with E-state index in [-0.39, 0.29) is 0 Å². The Morgan fingerprint density at radius 2 is 2.00 bits per heavy atom. The Morgan fingerprint density at radius 3 is 2.63 bits per heavy atom. The molecule has 0 aliphatic heterocycles. The summed E-state index contributed by atoms with van der Waals surface area (Å²) in [5.41, 5.74) is 0.304. The lowest BCUT2D eigenvalue weighted by molar-refractivity contribution is 0.342. The van der Waals surface area contributed by atoms with Crippen molar-refractivity contribution in [3.05, 3.63) is 12.3 Å². The van der Waals surface area contributed by atoms with Crippen LogP contribution in [0.5, 0.6) is 0 Å². The molecular formula is C15H28N4. The highest BCUT2D eigenvalue weighted by Gasteiger charge is 2.17. The monoisotopic (exact) mass is 264 g/mol. The SMILES string of the molecule is CCCCCC(C)(C)CNc1ccnc(N(C)C)n1. The number of anilines is 2. The first-order valence-electron chi connectivity index (χ1n) is 7.19. The third-order valence-electron chi connectivity index (χ3n) is 3.25. The van der Waals surface area contributed by atoms with Gasteiger partial charge in [-0.2, -0.15) is 4.98 Å². The van der Waals surface area contributed by atoms with Crippen molar-refractivity contribution in [3.63, 3.8) is 0 Å². The number of unbranched alkanes of at least 4 members (excludes halogenated alkanes) is 2. The molecule has 4 heteroatoms. The maximum Gasteiger partial charge on any atom is 0.226 e. The van der Waals surface area contributed by atoms with E-state index >= 15 is 0 Å². The summed E-state index contributed by atoms with van der Waals surface area (Å²) in [5.74, 6) is 1.65. The lowest BCUT2D eigenvalue weighted by Crippen LogP contribution is -2.24. The van der Waals surface area contributed by atoms with E-state index in [1.807, 2.05) is 25.1 Å². The Labute approximate surface area is 117 Å². The zero-order valence-corrected chi connectivity index (χ0v) is 13.0. The van der Waals surface area contributed by atoms with Crippen molar-refractivity contribution in [2.75, 3.05) is 30.9 Å². The van der Waals surface area contributed by atoms with Crippen LogP contribution in [0.4, 0.5) is 11.8 Å². The van der Waals surface area contributed by atoms with Gasteiger partial charge in [0.25, 0.3) is 0 Å². The highest BCUT2D eigenvalue weighted by molar-refractivity contribution is 5.40. The molecule has 19 heavy (non-hydrogen) atoms. The summed E-state index contributed by atoms with van der Waals surface area (Å²) in [7, 11) is 3.90. The first kappa shape index (κ1) is 15.7. The molecule has 1 aromatic rings. The summed E-state index contributed by atoms with van der Waals surface area (Å²) < 4.78 is 0. The quantitative estimate of drug-likeness (QED) is 0.729. The molecule has 0 amide bonds. The number of aromatic nitrogens is 2. The molecule has 0 fully saturated rings. The molecule has 0 aliphatic rings. The number of nitrogens with one attached hydrogen (secondary N) is 1. The Bertz CT molecular complexity index is 374. The fourth-order valence-electron chi connectivity index (χ4n) is 1.93. The summed E-state index contributed by atoms with van der Waals surface area (Å²) in [6, 6.07) is 1.93. The van der Waals surface area contributed by atoms with Crippen LogP contribution in [0.3, 0.4) is 0 Å². The smallest absolute Gasteiger partial charge is 0.226 e. The topological polar surface area (TPSA) is 41.1 Å². The van der Waals surface area contributed by atoms with Crippen molar-refractivity contribution in [3.8, 4) is 0 Å². The van der Waals surface area contributed by atoms with Crippen LogP contribution in [0, 0.1) is 5.41 Å². The molecule has 0 bridgehead atoms. The Morgan fingerprint density at radius 1 is 1.26 bits per heavy atom. The first-order valence-corrected chi connectivity index (χ1v) is 7.19. The van der Waals surface area contributed by atoms with Crippen molar-refractivity contribution >= 4 is 11.8 Å². The normalized spacial score (nSPS) is 11.4. The van der Waals surface area contributed by atoms with Gasteiger partial charge in [0.15, 0.2) is 0 Å². The number of rotatable bonds is 8. The van der Waals surface area contributed by atoms with Crippen molar-refractivity contribution in [1.29, 1.82) is 0 Å². The second-order valence-corrected chi connectivity index (χ2v) is 6.11. The van der Waals surface area contributed by atoms with Gasteiger partial charge in [-0.15, -0.1) is 0 Å².